The molecule has 0 spiro atoms. The lowest BCUT2D eigenvalue weighted by Crippen LogP contribution is -2.24. The second-order valence-corrected chi connectivity index (χ2v) is 4.81. The average Bonchev–Trinajstić information content (AvgIpc) is 3.19. The number of pyridine rings is 1. The molecule has 1 heterocycles. The van der Waals surface area contributed by atoms with Gasteiger partial charge >= 0.3 is 0 Å². The highest BCUT2D eigenvalue weighted by Crippen LogP contribution is 2.23. The molecule has 0 aromatic carbocycles. The molecule has 4 nitrogen and oxygen atoms in total. The van der Waals surface area contributed by atoms with Crippen LogP contribution < -0.4 is 10.6 Å². The zero-order valence-electron chi connectivity index (χ0n) is 10.9. The van der Waals surface area contributed by atoms with Gasteiger partial charge in [-0.1, -0.05) is 19.8 Å². The van der Waals surface area contributed by atoms with Gasteiger partial charge < -0.3 is 10.6 Å². The minimum atomic E-state index is -0.00708. The van der Waals surface area contributed by atoms with Crippen molar-refractivity contribution in [2.24, 2.45) is 0 Å². The van der Waals surface area contributed by atoms with E-state index in [1.54, 1.807) is 12.3 Å². The molecule has 0 atom stereocenters. The van der Waals surface area contributed by atoms with Gasteiger partial charge in [0.25, 0.3) is 5.91 Å². The van der Waals surface area contributed by atoms with Crippen molar-refractivity contribution >= 4 is 11.7 Å². The Balaban J connectivity index is 1.84. The van der Waals surface area contributed by atoms with Crippen molar-refractivity contribution in [1.82, 2.24) is 10.3 Å². The van der Waals surface area contributed by atoms with E-state index in [-0.39, 0.29) is 5.91 Å². The predicted molar refractivity (Wildman–Crippen MR) is 72.7 cm³/mol. The number of carbonyl (C=O) groups excluding carboxylic acids is 1. The molecule has 98 valence electrons. The number of amides is 1. The highest BCUT2D eigenvalue weighted by Gasteiger charge is 2.21. The molecule has 1 saturated carbocycles. The molecule has 4 heteroatoms. The fourth-order valence-electron chi connectivity index (χ4n) is 1.77. The first-order valence-electron chi connectivity index (χ1n) is 6.80. The molecular formula is C14H21N3O. The van der Waals surface area contributed by atoms with E-state index in [4.69, 9.17) is 0 Å². The van der Waals surface area contributed by atoms with Gasteiger partial charge in [-0.05, 0) is 31.4 Å². The van der Waals surface area contributed by atoms with E-state index in [0.717, 1.165) is 25.2 Å². The molecule has 0 unspecified atom stereocenters. The zero-order valence-corrected chi connectivity index (χ0v) is 10.9. The standard InChI is InChI=1S/C14H21N3O/c1-2-3-4-8-16-14(18)11-7-9-15-13(10-11)17-12-5-6-12/h7,9-10,12H,2-6,8H2,1H3,(H,15,17)(H,16,18). The van der Waals surface area contributed by atoms with Crippen molar-refractivity contribution < 1.29 is 4.79 Å². The third-order valence-electron chi connectivity index (χ3n) is 3.02. The molecule has 1 amide bonds. The van der Waals surface area contributed by atoms with Gasteiger partial charge in [-0.3, -0.25) is 4.79 Å². The molecule has 1 fully saturated rings. The van der Waals surface area contributed by atoms with Crippen molar-refractivity contribution in [1.29, 1.82) is 0 Å². The van der Waals surface area contributed by atoms with E-state index in [9.17, 15) is 4.79 Å². The fourth-order valence-corrected chi connectivity index (χ4v) is 1.77. The SMILES string of the molecule is CCCCCNC(=O)c1ccnc(NC2CC2)c1. The van der Waals surface area contributed by atoms with Crippen LogP contribution in [0.2, 0.25) is 0 Å². The van der Waals surface area contributed by atoms with Crippen LogP contribution in [0.25, 0.3) is 0 Å². The Kier molecular flexibility index (Phi) is 4.56. The summed E-state index contributed by atoms with van der Waals surface area (Å²) >= 11 is 0. The summed E-state index contributed by atoms with van der Waals surface area (Å²) in [5.74, 6) is 0.797. The number of nitrogens with one attached hydrogen (secondary N) is 2. The topological polar surface area (TPSA) is 54.0 Å². The van der Waals surface area contributed by atoms with Gasteiger partial charge in [0.1, 0.15) is 5.82 Å². The second kappa shape index (κ2) is 6.38. The molecular weight excluding hydrogens is 226 g/mol. The summed E-state index contributed by atoms with van der Waals surface area (Å²) in [5, 5.41) is 6.23. The van der Waals surface area contributed by atoms with Gasteiger partial charge in [-0.25, -0.2) is 4.98 Å². The molecule has 0 radical (unpaired) electrons. The first-order chi connectivity index (χ1) is 8.79. The number of unbranched alkanes of at least 4 members (excludes halogenated alkanes) is 2. The Bertz CT molecular complexity index is 402. The Morgan fingerprint density at radius 2 is 2.28 bits per heavy atom. The molecule has 0 bridgehead atoms. The average molecular weight is 247 g/mol. The lowest BCUT2D eigenvalue weighted by Gasteiger charge is -2.07. The van der Waals surface area contributed by atoms with Gasteiger partial charge in [-0.2, -0.15) is 0 Å². The van der Waals surface area contributed by atoms with Crippen molar-refractivity contribution in [2.75, 3.05) is 11.9 Å². The van der Waals surface area contributed by atoms with Gasteiger partial charge in [-0.15, -0.1) is 0 Å². The van der Waals surface area contributed by atoms with Crippen LogP contribution in [0.5, 0.6) is 0 Å². The van der Waals surface area contributed by atoms with E-state index in [1.165, 1.54) is 19.3 Å². The van der Waals surface area contributed by atoms with Gasteiger partial charge in [0, 0.05) is 24.3 Å². The molecule has 1 aliphatic carbocycles. The Hall–Kier alpha value is -1.58. The number of hydrogen-bond acceptors (Lipinski definition) is 3. The van der Waals surface area contributed by atoms with E-state index in [1.807, 2.05) is 6.07 Å². The number of aromatic nitrogens is 1. The summed E-state index contributed by atoms with van der Waals surface area (Å²) in [6, 6.07) is 4.14. The smallest absolute Gasteiger partial charge is 0.251 e. The van der Waals surface area contributed by atoms with E-state index < -0.39 is 0 Å². The summed E-state index contributed by atoms with van der Waals surface area (Å²) in [5.41, 5.74) is 0.685. The summed E-state index contributed by atoms with van der Waals surface area (Å²) < 4.78 is 0. The molecule has 1 aromatic rings. The lowest BCUT2D eigenvalue weighted by molar-refractivity contribution is 0.0953. The zero-order chi connectivity index (χ0) is 12.8. The maximum Gasteiger partial charge on any atom is 0.251 e. The first kappa shape index (κ1) is 12.9. The van der Waals surface area contributed by atoms with E-state index in [0.29, 0.717) is 11.6 Å². The third-order valence-corrected chi connectivity index (χ3v) is 3.02. The van der Waals surface area contributed by atoms with Crippen LogP contribution in [-0.4, -0.2) is 23.5 Å². The number of carbonyl (C=O) groups is 1. The molecule has 0 aliphatic heterocycles. The van der Waals surface area contributed by atoms with Crippen LogP contribution in [0.3, 0.4) is 0 Å². The molecule has 18 heavy (non-hydrogen) atoms. The first-order valence-corrected chi connectivity index (χ1v) is 6.80. The van der Waals surface area contributed by atoms with Crippen molar-refractivity contribution in [2.45, 2.75) is 45.1 Å². The number of rotatable bonds is 7. The normalized spacial score (nSPS) is 14.3. The maximum absolute atomic E-state index is 11.9. The quantitative estimate of drug-likeness (QED) is 0.728. The summed E-state index contributed by atoms with van der Waals surface area (Å²) in [7, 11) is 0. The molecule has 1 aliphatic rings. The minimum Gasteiger partial charge on any atom is -0.367 e. The minimum absolute atomic E-state index is 0.00708. The second-order valence-electron chi connectivity index (χ2n) is 4.81. The van der Waals surface area contributed by atoms with Crippen LogP contribution in [0.1, 0.15) is 49.4 Å². The highest BCUT2D eigenvalue weighted by atomic mass is 16.1. The predicted octanol–water partition coefficient (Wildman–Crippen LogP) is 2.58. The van der Waals surface area contributed by atoms with Crippen LogP contribution in [0.15, 0.2) is 18.3 Å². The Labute approximate surface area is 108 Å². The highest BCUT2D eigenvalue weighted by molar-refractivity contribution is 5.94. The molecule has 1 aromatic heterocycles. The largest absolute Gasteiger partial charge is 0.367 e. The molecule has 0 saturated heterocycles. The van der Waals surface area contributed by atoms with E-state index in [2.05, 4.69) is 22.5 Å². The van der Waals surface area contributed by atoms with Crippen LogP contribution in [0.4, 0.5) is 5.82 Å². The van der Waals surface area contributed by atoms with Crippen LogP contribution in [0, 0.1) is 0 Å². The van der Waals surface area contributed by atoms with Crippen LogP contribution in [-0.2, 0) is 0 Å². The van der Waals surface area contributed by atoms with Crippen molar-refractivity contribution in [3.8, 4) is 0 Å². The maximum atomic E-state index is 11.9. The monoisotopic (exact) mass is 247 g/mol. The fraction of sp³-hybridized carbons (Fsp3) is 0.571. The molecule has 2 N–H and O–H groups in total. The summed E-state index contributed by atoms with van der Waals surface area (Å²) in [4.78, 5) is 16.1. The summed E-state index contributed by atoms with van der Waals surface area (Å²) in [6.07, 6.45) is 7.46. The summed E-state index contributed by atoms with van der Waals surface area (Å²) in [6.45, 7) is 2.90. The lowest BCUT2D eigenvalue weighted by atomic mass is 10.2. The van der Waals surface area contributed by atoms with Crippen molar-refractivity contribution in [3.63, 3.8) is 0 Å². The molecule has 2 rings (SSSR count). The van der Waals surface area contributed by atoms with Gasteiger partial charge in [0.05, 0.1) is 0 Å². The third kappa shape index (κ3) is 4.02. The number of anilines is 1. The number of hydrogen-bond donors (Lipinski definition) is 2. The van der Waals surface area contributed by atoms with Gasteiger partial charge in [0.15, 0.2) is 0 Å². The van der Waals surface area contributed by atoms with Gasteiger partial charge in [0.2, 0.25) is 0 Å². The van der Waals surface area contributed by atoms with Crippen molar-refractivity contribution in [3.05, 3.63) is 23.9 Å². The number of nitrogens with zero attached hydrogens (tertiary/aromatic N) is 1. The van der Waals surface area contributed by atoms with E-state index >= 15 is 0 Å². The Morgan fingerprint density at radius 3 is 3.00 bits per heavy atom. The van der Waals surface area contributed by atoms with Crippen LogP contribution >= 0.6 is 0 Å². The Morgan fingerprint density at radius 1 is 1.44 bits per heavy atom.